The smallest absolute Gasteiger partial charge is 0.00103 e. The van der Waals surface area contributed by atoms with Crippen molar-refractivity contribution in [3.63, 3.8) is 0 Å². The molecule has 0 saturated heterocycles. The number of aryl methyl sites for hydroxylation is 1. The van der Waals surface area contributed by atoms with Crippen LogP contribution in [0.25, 0.3) is 0 Å². The van der Waals surface area contributed by atoms with E-state index in [1.54, 1.807) is 11.1 Å². The molecule has 1 unspecified atom stereocenters. The Labute approximate surface area is 99.3 Å². The standard InChI is InChI=1S/C15H23N/c1-12(2)16-11-10-14-8-5-7-13-6-3-4-9-15(13)14/h3-4,6,9,12,14,16H,5,7-8,10-11H2,1-2H3. The van der Waals surface area contributed by atoms with Gasteiger partial charge in [-0.15, -0.1) is 0 Å². The van der Waals surface area contributed by atoms with Crippen LogP contribution in [-0.4, -0.2) is 12.6 Å². The van der Waals surface area contributed by atoms with Crippen molar-refractivity contribution < 1.29 is 0 Å². The van der Waals surface area contributed by atoms with Gasteiger partial charge in [-0.1, -0.05) is 38.1 Å². The lowest BCUT2D eigenvalue weighted by molar-refractivity contribution is 0.479. The first-order chi connectivity index (χ1) is 7.77. The van der Waals surface area contributed by atoms with Crippen LogP contribution in [0.4, 0.5) is 0 Å². The molecule has 0 spiro atoms. The molecule has 0 aliphatic heterocycles. The van der Waals surface area contributed by atoms with Gasteiger partial charge in [0.25, 0.3) is 0 Å². The molecule has 0 bridgehead atoms. The Morgan fingerprint density at radius 2 is 2.12 bits per heavy atom. The van der Waals surface area contributed by atoms with E-state index in [0.717, 1.165) is 12.5 Å². The van der Waals surface area contributed by atoms with E-state index in [-0.39, 0.29) is 0 Å². The van der Waals surface area contributed by atoms with Crippen LogP contribution in [0.2, 0.25) is 0 Å². The fraction of sp³-hybridized carbons (Fsp3) is 0.600. The molecule has 2 rings (SSSR count). The van der Waals surface area contributed by atoms with Crippen molar-refractivity contribution >= 4 is 0 Å². The van der Waals surface area contributed by atoms with Crippen LogP contribution >= 0.6 is 0 Å². The average Bonchev–Trinajstić information content (AvgIpc) is 2.29. The minimum atomic E-state index is 0.610. The van der Waals surface area contributed by atoms with Crippen LogP contribution in [-0.2, 0) is 6.42 Å². The summed E-state index contributed by atoms with van der Waals surface area (Å²) in [5, 5.41) is 3.52. The molecule has 1 aliphatic carbocycles. The summed E-state index contributed by atoms with van der Waals surface area (Å²) < 4.78 is 0. The monoisotopic (exact) mass is 217 g/mol. The zero-order valence-corrected chi connectivity index (χ0v) is 10.5. The van der Waals surface area contributed by atoms with Gasteiger partial charge in [-0.3, -0.25) is 0 Å². The van der Waals surface area contributed by atoms with Crippen molar-refractivity contribution in [2.24, 2.45) is 0 Å². The van der Waals surface area contributed by atoms with Crippen molar-refractivity contribution in [1.29, 1.82) is 0 Å². The third-order valence-electron chi connectivity index (χ3n) is 3.54. The van der Waals surface area contributed by atoms with Crippen LogP contribution in [0.1, 0.15) is 50.2 Å². The molecule has 1 N–H and O–H groups in total. The van der Waals surface area contributed by atoms with Gasteiger partial charge in [0.2, 0.25) is 0 Å². The van der Waals surface area contributed by atoms with E-state index >= 15 is 0 Å². The Balaban J connectivity index is 1.96. The van der Waals surface area contributed by atoms with Gasteiger partial charge in [-0.05, 0) is 49.3 Å². The molecule has 1 nitrogen and oxygen atoms in total. The highest BCUT2D eigenvalue weighted by atomic mass is 14.9. The fourth-order valence-corrected chi connectivity index (χ4v) is 2.70. The van der Waals surface area contributed by atoms with Crippen molar-refractivity contribution in [2.45, 2.75) is 51.5 Å². The lowest BCUT2D eigenvalue weighted by atomic mass is 9.81. The van der Waals surface area contributed by atoms with E-state index in [1.807, 2.05) is 0 Å². The number of benzene rings is 1. The van der Waals surface area contributed by atoms with Gasteiger partial charge in [0.15, 0.2) is 0 Å². The number of hydrogen-bond acceptors (Lipinski definition) is 1. The zero-order valence-electron chi connectivity index (χ0n) is 10.5. The third kappa shape index (κ3) is 2.85. The third-order valence-corrected chi connectivity index (χ3v) is 3.54. The Morgan fingerprint density at radius 3 is 2.94 bits per heavy atom. The lowest BCUT2D eigenvalue weighted by Crippen LogP contribution is -2.25. The Bertz CT molecular complexity index is 330. The van der Waals surface area contributed by atoms with Crippen molar-refractivity contribution in [3.8, 4) is 0 Å². The number of hydrogen-bond donors (Lipinski definition) is 1. The summed E-state index contributed by atoms with van der Waals surface area (Å²) in [7, 11) is 0. The van der Waals surface area contributed by atoms with Crippen LogP contribution in [0.5, 0.6) is 0 Å². The largest absolute Gasteiger partial charge is 0.315 e. The molecule has 0 saturated carbocycles. The summed E-state index contributed by atoms with van der Waals surface area (Å²) in [6.45, 7) is 5.58. The minimum absolute atomic E-state index is 0.610. The van der Waals surface area contributed by atoms with E-state index in [9.17, 15) is 0 Å². The molecule has 0 aromatic heterocycles. The Kier molecular flexibility index (Phi) is 4.00. The van der Waals surface area contributed by atoms with Gasteiger partial charge in [0, 0.05) is 6.04 Å². The second-order valence-corrected chi connectivity index (χ2v) is 5.19. The molecule has 1 aromatic carbocycles. The normalized spacial score (nSPS) is 19.8. The van der Waals surface area contributed by atoms with Gasteiger partial charge in [-0.2, -0.15) is 0 Å². The highest BCUT2D eigenvalue weighted by Crippen LogP contribution is 2.33. The summed E-state index contributed by atoms with van der Waals surface area (Å²) in [6, 6.07) is 9.60. The molecule has 1 aromatic rings. The molecule has 1 atom stereocenters. The van der Waals surface area contributed by atoms with Crippen LogP contribution < -0.4 is 5.32 Å². The van der Waals surface area contributed by atoms with E-state index in [0.29, 0.717) is 6.04 Å². The highest BCUT2D eigenvalue weighted by Gasteiger charge is 2.18. The van der Waals surface area contributed by atoms with Crippen LogP contribution in [0, 0.1) is 0 Å². The van der Waals surface area contributed by atoms with E-state index in [4.69, 9.17) is 0 Å². The van der Waals surface area contributed by atoms with Crippen molar-refractivity contribution in [3.05, 3.63) is 35.4 Å². The van der Waals surface area contributed by atoms with Gasteiger partial charge in [-0.25, -0.2) is 0 Å². The molecule has 0 fully saturated rings. The number of fused-ring (bicyclic) bond motifs is 1. The quantitative estimate of drug-likeness (QED) is 0.814. The topological polar surface area (TPSA) is 12.0 Å². The first-order valence-corrected chi connectivity index (χ1v) is 6.58. The lowest BCUT2D eigenvalue weighted by Gasteiger charge is -2.25. The fourth-order valence-electron chi connectivity index (χ4n) is 2.70. The van der Waals surface area contributed by atoms with Gasteiger partial charge >= 0.3 is 0 Å². The van der Waals surface area contributed by atoms with E-state index in [2.05, 4.69) is 43.4 Å². The molecule has 0 radical (unpaired) electrons. The van der Waals surface area contributed by atoms with Crippen LogP contribution in [0.15, 0.2) is 24.3 Å². The second kappa shape index (κ2) is 5.49. The predicted molar refractivity (Wildman–Crippen MR) is 69.9 cm³/mol. The second-order valence-electron chi connectivity index (χ2n) is 5.19. The summed E-state index contributed by atoms with van der Waals surface area (Å²) in [5.74, 6) is 0.788. The molecule has 0 amide bonds. The maximum Gasteiger partial charge on any atom is 0.00103 e. The summed E-state index contributed by atoms with van der Waals surface area (Å²) >= 11 is 0. The van der Waals surface area contributed by atoms with Crippen molar-refractivity contribution in [1.82, 2.24) is 5.32 Å². The molecule has 16 heavy (non-hydrogen) atoms. The summed E-state index contributed by atoms with van der Waals surface area (Å²) in [5.41, 5.74) is 3.20. The number of rotatable bonds is 4. The first kappa shape index (κ1) is 11.7. The molecular weight excluding hydrogens is 194 g/mol. The SMILES string of the molecule is CC(C)NCCC1CCCc2ccccc21. The van der Waals surface area contributed by atoms with Crippen LogP contribution in [0.3, 0.4) is 0 Å². The molecule has 1 heteroatoms. The minimum Gasteiger partial charge on any atom is -0.315 e. The molecule has 1 aliphatic rings. The predicted octanol–water partition coefficient (Wildman–Crippen LogP) is 3.49. The molecular formula is C15H23N. The van der Waals surface area contributed by atoms with Gasteiger partial charge in [0.05, 0.1) is 0 Å². The van der Waals surface area contributed by atoms with E-state index in [1.165, 1.54) is 25.7 Å². The summed E-state index contributed by atoms with van der Waals surface area (Å²) in [4.78, 5) is 0. The maximum atomic E-state index is 3.52. The average molecular weight is 217 g/mol. The zero-order chi connectivity index (χ0) is 11.4. The van der Waals surface area contributed by atoms with Crippen molar-refractivity contribution in [2.75, 3.05) is 6.54 Å². The number of nitrogens with one attached hydrogen (secondary N) is 1. The summed E-state index contributed by atoms with van der Waals surface area (Å²) in [6.07, 6.45) is 5.31. The molecule has 0 heterocycles. The Hall–Kier alpha value is -0.820. The molecule has 88 valence electrons. The van der Waals surface area contributed by atoms with Gasteiger partial charge in [0.1, 0.15) is 0 Å². The first-order valence-electron chi connectivity index (χ1n) is 6.58. The Morgan fingerprint density at radius 1 is 1.31 bits per heavy atom. The maximum absolute atomic E-state index is 3.52. The van der Waals surface area contributed by atoms with Gasteiger partial charge < -0.3 is 5.32 Å². The van der Waals surface area contributed by atoms with E-state index < -0.39 is 0 Å². The highest BCUT2D eigenvalue weighted by molar-refractivity contribution is 5.32.